The van der Waals surface area contributed by atoms with E-state index in [4.69, 9.17) is 15.0 Å². The van der Waals surface area contributed by atoms with E-state index < -0.39 is 11.1 Å². The molecule has 0 heterocycles. The van der Waals surface area contributed by atoms with Crippen LogP contribution in [0.15, 0.2) is 29.3 Å². The lowest BCUT2D eigenvalue weighted by Gasteiger charge is -1.99. The predicted molar refractivity (Wildman–Crippen MR) is 55.0 cm³/mol. The van der Waals surface area contributed by atoms with Gasteiger partial charge < -0.3 is 10.5 Å². The SMILES string of the molecule is COc1ccc(N=C(N)S(=O)O)cc1. The van der Waals surface area contributed by atoms with Crippen molar-refractivity contribution in [2.24, 2.45) is 10.7 Å². The van der Waals surface area contributed by atoms with Crippen LogP contribution in [0.3, 0.4) is 0 Å². The van der Waals surface area contributed by atoms with Crippen LogP contribution in [0.4, 0.5) is 5.69 Å². The van der Waals surface area contributed by atoms with Crippen LogP contribution in [0.25, 0.3) is 0 Å². The average Bonchev–Trinajstić information content (AvgIpc) is 2.19. The van der Waals surface area contributed by atoms with Gasteiger partial charge in [0.05, 0.1) is 12.8 Å². The molecule has 0 spiro atoms. The van der Waals surface area contributed by atoms with Crippen LogP contribution in [-0.2, 0) is 11.1 Å². The van der Waals surface area contributed by atoms with Crippen LogP contribution in [-0.4, -0.2) is 21.0 Å². The molecule has 1 aromatic rings. The quantitative estimate of drug-likeness (QED) is 0.434. The van der Waals surface area contributed by atoms with Crippen LogP contribution < -0.4 is 10.5 Å². The molecule has 1 aromatic carbocycles. The van der Waals surface area contributed by atoms with Gasteiger partial charge in [-0.3, -0.25) is 4.55 Å². The Hall–Kier alpha value is -1.40. The molecule has 5 nitrogen and oxygen atoms in total. The van der Waals surface area contributed by atoms with Crippen molar-refractivity contribution in [1.82, 2.24) is 0 Å². The second-order valence-electron chi connectivity index (χ2n) is 2.40. The highest BCUT2D eigenvalue weighted by molar-refractivity contribution is 7.95. The number of benzene rings is 1. The van der Waals surface area contributed by atoms with E-state index in [1.165, 1.54) is 0 Å². The zero-order valence-corrected chi connectivity index (χ0v) is 8.32. The van der Waals surface area contributed by atoms with Gasteiger partial charge in [0.2, 0.25) is 16.2 Å². The summed E-state index contributed by atoms with van der Waals surface area (Å²) in [6, 6.07) is 6.65. The first-order valence-corrected chi connectivity index (χ1v) is 4.83. The molecule has 0 aromatic heterocycles. The van der Waals surface area contributed by atoms with Crippen molar-refractivity contribution in [2.45, 2.75) is 0 Å². The first-order valence-electron chi connectivity index (χ1n) is 3.72. The van der Waals surface area contributed by atoms with Gasteiger partial charge in [0, 0.05) is 0 Å². The van der Waals surface area contributed by atoms with Crippen molar-refractivity contribution in [2.75, 3.05) is 7.11 Å². The van der Waals surface area contributed by atoms with Crippen molar-refractivity contribution in [3.05, 3.63) is 24.3 Å². The molecular weight excluding hydrogens is 204 g/mol. The van der Waals surface area contributed by atoms with Crippen molar-refractivity contribution in [1.29, 1.82) is 0 Å². The number of amidine groups is 1. The van der Waals surface area contributed by atoms with Gasteiger partial charge in [-0.25, -0.2) is 9.20 Å². The minimum atomic E-state index is -2.22. The third-order valence-electron chi connectivity index (χ3n) is 1.49. The lowest BCUT2D eigenvalue weighted by Crippen LogP contribution is -2.16. The number of hydrogen-bond donors (Lipinski definition) is 2. The Balaban J connectivity index is 2.88. The molecule has 0 aliphatic heterocycles. The number of nitrogens with two attached hydrogens (primary N) is 1. The minimum Gasteiger partial charge on any atom is -0.497 e. The lowest BCUT2D eigenvalue weighted by molar-refractivity contribution is 0.415. The molecule has 0 radical (unpaired) electrons. The van der Waals surface area contributed by atoms with E-state index in [0.29, 0.717) is 11.4 Å². The molecule has 14 heavy (non-hydrogen) atoms. The highest BCUT2D eigenvalue weighted by atomic mass is 32.2. The maximum Gasteiger partial charge on any atom is 0.223 e. The zero-order valence-electron chi connectivity index (χ0n) is 7.51. The first kappa shape index (κ1) is 10.7. The molecular formula is C8H10N2O3S. The highest BCUT2D eigenvalue weighted by Crippen LogP contribution is 2.17. The molecule has 0 saturated heterocycles. The van der Waals surface area contributed by atoms with Gasteiger partial charge in [0.25, 0.3) is 0 Å². The Morgan fingerprint density at radius 2 is 2.07 bits per heavy atom. The Morgan fingerprint density at radius 1 is 1.50 bits per heavy atom. The van der Waals surface area contributed by atoms with Crippen LogP contribution >= 0.6 is 0 Å². The Kier molecular flexibility index (Phi) is 3.61. The largest absolute Gasteiger partial charge is 0.497 e. The number of methoxy groups -OCH3 is 1. The summed E-state index contributed by atoms with van der Waals surface area (Å²) in [6.07, 6.45) is 0. The molecule has 1 unspecified atom stereocenters. The van der Waals surface area contributed by atoms with Crippen molar-refractivity contribution in [3.63, 3.8) is 0 Å². The van der Waals surface area contributed by atoms with E-state index in [1.807, 2.05) is 0 Å². The van der Waals surface area contributed by atoms with Crippen LogP contribution in [0, 0.1) is 0 Å². The van der Waals surface area contributed by atoms with Gasteiger partial charge in [-0.1, -0.05) is 0 Å². The van der Waals surface area contributed by atoms with Gasteiger partial charge in [-0.15, -0.1) is 0 Å². The van der Waals surface area contributed by atoms with E-state index >= 15 is 0 Å². The fourth-order valence-corrected chi connectivity index (χ4v) is 1.01. The summed E-state index contributed by atoms with van der Waals surface area (Å²) in [4.78, 5) is 3.72. The van der Waals surface area contributed by atoms with Gasteiger partial charge in [0.1, 0.15) is 5.75 Å². The predicted octanol–water partition coefficient (Wildman–Crippen LogP) is 0.863. The van der Waals surface area contributed by atoms with Crippen molar-refractivity contribution >= 4 is 21.9 Å². The molecule has 0 aliphatic carbocycles. The van der Waals surface area contributed by atoms with Crippen LogP contribution in [0.5, 0.6) is 5.75 Å². The molecule has 6 heteroatoms. The zero-order chi connectivity index (χ0) is 10.6. The number of ether oxygens (including phenoxy) is 1. The van der Waals surface area contributed by atoms with E-state index in [-0.39, 0.29) is 5.17 Å². The fourth-order valence-electron chi connectivity index (χ4n) is 0.823. The summed E-state index contributed by atoms with van der Waals surface area (Å²) >= 11 is -2.22. The summed E-state index contributed by atoms with van der Waals surface area (Å²) in [6.45, 7) is 0. The monoisotopic (exact) mass is 214 g/mol. The standard InChI is InChI=1S/C8H10N2O3S/c1-13-7-4-2-6(3-5-7)10-8(9)14(11)12/h2-5H,1H3,(H2,9,10)(H,11,12). The fraction of sp³-hybridized carbons (Fsp3) is 0.125. The van der Waals surface area contributed by atoms with Crippen LogP contribution in [0.2, 0.25) is 0 Å². The molecule has 0 saturated carbocycles. The van der Waals surface area contributed by atoms with E-state index in [2.05, 4.69) is 4.99 Å². The topological polar surface area (TPSA) is 84.9 Å². The summed E-state index contributed by atoms with van der Waals surface area (Å²) in [7, 11) is 1.55. The second-order valence-corrected chi connectivity index (χ2v) is 3.31. The summed E-state index contributed by atoms with van der Waals surface area (Å²) < 4.78 is 24.0. The van der Waals surface area contributed by atoms with Gasteiger partial charge >= 0.3 is 0 Å². The third kappa shape index (κ3) is 2.82. The maximum absolute atomic E-state index is 10.5. The Labute approximate surface area is 83.9 Å². The summed E-state index contributed by atoms with van der Waals surface area (Å²) in [5, 5.41) is -0.324. The molecule has 0 bridgehead atoms. The molecule has 0 aliphatic rings. The smallest absolute Gasteiger partial charge is 0.223 e. The first-order chi connectivity index (χ1) is 6.63. The van der Waals surface area contributed by atoms with E-state index in [9.17, 15) is 4.21 Å². The number of hydrogen-bond acceptors (Lipinski definition) is 3. The number of rotatable bonds is 2. The molecule has 1 rings (SSSR count). The Morgan fingerprint density at radius 3 is 2.50 bits per heavy atom. The highest BCUT2D eigenvalue weighted by Gasteiger charge is 1.99. The average molecular weight is 214 g/mol. The van der Waals surface area contributed by atoms with Crippen LogP contribution in [0.1, 0.15) is 0 Å². The minimum absolute atomic E-state index is 0.324. The van der Waals surface area contributed by atoms with E-state index in [0.717, 1.165) is 0 Å². The van der Waals surface area contributed by atoms with Gasteiger partial charge in [-0.2, -0.15) is 0 Å². The molecule has 76 valence electrons. The molecule has 1 atom stereocenters. The lowest BCUT2D eigenvalue weighted by atomic mass is 10.3. The normalized spacial score (nSPS) is 13.7. The Bertz CT molecular complexity index is 361. The maximum atomic E-state index is 10.5. The van der Waals surface area contributed by atoms with Gasteiger partial charge in [0.15, 0.2) is 0 Å². The summed E-state index contributed by atoms with van der Waals surface area (Å²) in [5.41, 5.74) is 5.69. The third-order valence-corrected chi connectivity index (χ3v) is 1.94. The summed E-state index contributed by atoms with van der Waals surface area (Å²) in [5.74, 6) is 0.688. The molecule has 3 N–H and O–H groups in total. The van der Waals surface area contributed by atoms with E-state index in [1.54, 1.807) is 31.4 Å². The number of aliphatic imine (C=N–C) groups is 1. The molecule has 0 amide bonds. The van der Waals surface area contributed by atoms with Crippen molar-refractivity contribution < 1.29 is 13.5 Å². The van der Waals surface area contributed by atoms with Gasteiger partial charge in [-0.05, 0) is 24.3 Å². The second kappa shape index (κ2) is 4.73. The van der Waals surface area contributed by atoms with Crippen molar-refractivity contribution in [3.8, 4) is 5.75 Å². The molecule has 0 fully saturated rings. The number of nitrogens with zero attached hydrogens (tertiary/aromatic N) is 1.